The predicted octanol–water partition coefficient (Wildman–Crippen LogP) is 0.923. The van der Waals surface area contributed by atoms with Gasteiger partial charge in [-0.3, -0.25) is 0 Å². The molecule has 0 aromatic carbocycles. The highest BCUT2D eigenvalue weighted by atomic mass is 35.5. The van der Waals surface area contributed by atoms with Crippen LogP contribution in [0.2, 0.25) is 0 Å². The third-order valence-electron chi connectivity index (χ3n) is 2.91. The molecule has 0 saturated carbocycles. The van der Waals surface area contributed by atoms with Crippen molar-refractivity contribution in [2.24, 2.45) is 11.7 Å². The van der Waals surface area contributed by atoms with E-state index in [1.807, 2.05) is 0 Å². The smallest absolute Gasteiger partial charge is 0.150 e. The lowest BCUT2D eigenvalue weighted by Gasteiger charge is -2.16. The van der Waals surface area contributed by atoms with Gasteiger partial charge in [0.1, 0.15) is 11.6 Å². The second-order valence-electron chi connectivity index (χ2n) is 4.40. The molecule has 0 radical (unpaired) electrons. The van der Waals surface area contributed by atoms with Gasteiger partial charge >= 0.3 is 0 Å². The minimum absolute atomic E-state index is 0. The van der Waals surface area contributed by atoms with Gasteiger partial charge in [-0.05, 0) is 5.92 Å². The first-order chi connectivity index (χ1) is 7.20. The van der Waals surface area contributed by atoms with Crippen LogP contribution in [-0.2, 0) is 13.0 Å². The van der Waals surface area contributed by atoms with Crippen molar-refractivity contribution in [3.8, 4) is 0 Å². The molecular formula is C10H21Cl2N5. The van der Waals surface area contributed by atoms with Gasteiger partial charge in [-0.25, -0.2) is 0 Å². The molecule has 1 aromatic heterocycles. The van der Waals surface area contributed by atoms with Gasteiger partial charge in [0.05, 0.1) is 6.04 Å². The molecule has 2 heterocycles. The first kappa shape index (κ1) is 16.6. The molecule has 3 N–H and O–H groups in total. The van der Waals surface area contributed by atoms with Gasteiger partial charge in [0.2, 0.25) is 0 Å². The second kappa shape index (κ2) is 7.16. The molecular weight excluding hydrogens is 261 g/mol. The Balaban J connectivity index is 0.00000128. The molecule has 100 valence electrons. The molecule has 0 saturated heterocycles. The standard InChI is InChI=1S/C10H19N5.2ClH/c1-7(2)9(11)10-14-13-8-3-4-12-5-6-15(8)10;;/h7,9,12H,3-6,11H2,1-2H3;2*1H. The Morgan fingerprint density at radius 3 is 2.59 bits per heavy atom. The first-order valence-corrected chi connectivity index (χ1v) is 5.58. The predicted molar refractivity (Wildman–Crippen MR) is 72.9 cm³/mol. The molecule has 2 rings (SSSR count). The van der Waals surface area contributed by atoms with E-state index in [9.17, 15) is 0 Å². The maximum absolute atomic E-state index is 6.11. The monoisotopic (exact) mass is 281 g/mol. The summed E-state index contributed by atoms with van der Waals surface area (Å²) in [6.07, 6.45) is 0.942. The van der Waals surface area contributed by atoms with Gasteiger partial charge < -0.3 is 15.6 Å². The van der Waals surface area contributed by atoms with E-state index < -0.39 is 0 Å². The summed E-state index contributed by atoms with van der Waals surface area (Å²) in [5.41, 5.74) is 6.11. The van der Waals surface area contributed by atoms with Crippen LogP contribution in [0.25, 0.3) is 0 Å². The van der Waals surface area contributed by atoms with Crippen molar-refractivity contribution >= 4 is 24.8 Å². The van der Waals surface area contributed by atoms with Crippen LogP contribution in [-0.4, -0.2) is 27.9 Å². The number of rotatable bonds is 2. The van der Waals surface area contributed by atoms with Gasteiger partial charge in [-0.2, -0.15) is 0 Å². The fourth-order valence-electron chi connectivity index (χ4n) is 1.84. The molecule has 0 spiro atoms. The second-order valence-corrected chi connectivity index (χ2v) is 4.40. The molecule has 17 heavy (non-hydrogen) atoms. The summed E-state index contributed by atoms with van der Waals surface area (Å²) >= 11 is 0. The number of nitrogens with two attached hydrogens (primary N) is 1. The van der Waals surface area contributed by atoms with Crippen LogP contribution in [0.3, 0.4) is 0 Å². The summed E-state index contributed by atoms with van der Waals surface area (Å²) in [7, 11) is 0. The minimum Gasteiger partial charge on any atom is -0.321 e. The van der Waals surface area contributed by atoms with Crippen molar-refractivity contribution in [1.29, 1.82) is 0 Å². The van der Waals surface area contributed by atoms with Crippen molar-refractivity contribution in [1.82, 2.24) is 20.1 Å². The Morgan fingerprint density at radius 1 is 1.24 bits per heavy atom. The van der Waals surface area contributed by atoms with Crippen LogP contribution in [0, 0.1) is 5.92 Å². The molecule has 1 atom stereocenters. The molecule has 1 unspecified atom stereocenters. The third-order valence-corrected chi connectivity index (χ3v) is 2.91. The summed E-state index contributed by atoms with van der Waals surface area (Å²) < 4.78 is 2.17. The van der Waals surface area contributed by atoms with Crippen molar-refractivity contribution in [2.75, 3.05) is 13.1 Å². The summed E-state index contributed by atoms with van der Waals surface area (Å²) in [5, 5.41) is 11.8. The number of fused-ring (bicyclic) bond motifs is 1. The molecule has 0 aliphatic carbocycles. The molecule has 1 aromatic rings. The van der Waals surface area contributed by atoms with Gasteiger partial charge in [0.15, 0.2) is 0 Å². The van der Waals surface area contributed by atoms with E-state index in [0.29, 0.717) is 5.92 Å². The quantitative estimate of drug-likeness (QED) is 0.846. The van der Waals surface area contributed by atoms with Crippen LogP contribution in [0.1, 0.15) is 31.5 Å². The van der Waals surface area contributed by atoms with E-state index in [1.165, 1.54) is 0 Å². The number of hydrogen-bond donors (Lipinski definition) is 2. The van der Waals surface area contributed by atoms with Crippen LogP contribution < -0.4 is 11.1 Å². The van der Waals surface area contributed by atoms with Crippen molar-refractivity contribution < 1.29 is 0 Å². The molecule has 0 bridgehead atoms. The number of hydrogen-bond acceptors (Lipinski definition) is 4. The highest BCUT2D eigenvalue weighted by Gasteiger charge is 2.21. The molecule has 7 heteroatoms. The average Bonchev–Trinajstić information content (AvgIpc) is 2.46. The molecule has 0 fully saturated rings. The van der Waals surface area contributed by atoms with E-state index in [1.54, 1.807) is 0 Å². The lowest BCUT2D eigenvalue weighted by molar-refractivity contribution is 0.462. The summed E-state index contributed by atoms with van der Waals surface area (Å²) in [6.45, 7) is 7.11. The van der Waals surface area contributed by atoms with Gasteiger partial charge in [0, 0.05) is 26.1 Å². The van der Waals surface area contributed by atoms with Crippen LogP contribution in [0.4, 0.5) is 0 Å². The normalized spacial score (nSPS) is 16.5. The van der Waals surface area contributed by atoms with Crippen molar-refractivity contribution in [3.63, 3.8) is 0 Å². The minimum atomic E-state index is -0.00986. The van der Waals surface area contributed by atoms with Crippen LogP contribution >= 0.6 is 24.8 Å². The van der Waals surface area contributed by atoms with E-state index in [4.69, 9.17) is 5.73 Å². The van der Waals surface area contributed by atoms with Crippen molar-refractivity contribution in [2.45, 2.75) is 32.9 Å². The first-order valence-electron chi connectivity index (χ1n) is 5.58. The highest BCUT2D eigenvalue weighted by molar-refractivity contribution is 5.85. The van der Waals surface area contributed by atoms with Gasteiger partial charge in [-0.1, -0.05) is 13.8 Å². The van der Waals surface area contributed by atoms with E-state index in [-0.39, 0.29) is 30.9 Å². The Labute approximate surface area is 114 Å². The highest BCUT2D eigenvalue weighted by Crippen LogP contribution is 2.18. The molecule has 5 nitrogen and oxygen atoms in total. The van der Waals surface area contributed by atoms with Gasteiger partial charge in [0.25, 0.3) is 0 Å². The van der Waals surface area contributed by atoms with Crippen LogP contribution in [0.5, 0.6) is 0 Å². The zero-order chi connectivity index (χ0) is 10.8. The molecule has 0 amide bonds. The Bertz CT molecular complexity index is 339. The molecule has 1 aliphatic heterocycles. The lowest BCUT2D eigenvalue weighted by atomic mass is 10.1. The van der Waals surface area contributed by atoms with Crippen molar-refractivity contribution in [3.05, 3.63) is 11.6 Å². The topological polar surface area (TPSA) is 68.8 Å². The zero-order valence-corrected chi connectivity index (χ0v) is 11.9. The lowest BCUT2D eigenvalue weighted by Crippen LogP contribution is -2.24. The molecule has 1 aliphatic rings. The largest absolute Gasteiger partial charge is 0.321 e. The average molecular weight is 282 g/mol. The third kappa shape index (κ3) is 3.55. The van der Waals surface area contributed by atoms with E-state index in [2.05, 4.69) is 33.9 Å². The fourth-order valence-corrected chi connectivity index (χ4v) is 1.84. The van der Waals surface area contributed by atoms with E-state index in [0.717, 1.165) is 37.7 Å². The SMILES string of the molecule is CC(C)C(N)c1nnc2n1CCNCC2.Cl.Cl. The Kier molecular flexibility index (Phi) is 7.01. The summed E-state index contributed by atoms with van der Waals surface area (Å²) in [5.74, 6) is 2.39. The maximum atomic E-state index is 6.11. The number of nitrogens with zero attached hydrogens (tertiary/aromatic N) is 3. The number of halogens is 2. The van der Waals surface area contributed by atoms with Crippen LogP contribution in [0.15, 0.2) is 0 Å². The summed E-state index contributed by atoms with van der Waals surface area (Å²) in [6, 6.07) is -0.00986. The van der Waals surface area contributed by atoms with E-state index >= 15 is 0 Å². The maximum Gasteiger partial charge on any atom is 0.150 e. The zero-order valence-electron chi connectivity index (χ0n) is 10.2. The number of nitrogens with one attached hydrogen (secondary N) is 1. The fraction of sp³-hybridized carbons (Fsp3) is 0.800. The Morgan fingerprint density at radius 2 is 1.94 bits per heavy atom. The number of aromatic nitrogens is 3. The Hall–Kier alpha value is -0.360. The van der Waals surface area contributed by atoms with Gasteiger partial charge in [-0.15, -0.1) is 35.0 Å². The summed E-state index contributed by atoms with van der Waals surface area (Å²) in [4.78, 5) is 0.